The molecule has 4 atom stereocenters. The van der Waals surface area contributed by atoms with Gasteiger partial charge < -0.3 is 19.7 Å². The third kappa shape index (κ3) is 1.76. The fraction of sp³-hybridized carbons (Fsp3) is 0.583. The molecular weight excluding hydrogens is 268 g/mol. The van der Waals surface area contributed by atoms with Crippen molar-refractivity contribution in [2.24, 2.45) is 0 Å². The van der Waals surface area contributed by atoms with Crippen LogP contribution in [0.15, 0.2) is 11.0 Å². The van der Waals surface area contributed by atoms with E-state index in [1.165, 1.54) is 10.8 Å². The number of ether oxygens (including phenoxy) is 2. The molecule has 108 valence electrons. The zero-order chi connectivity index (χ0) is 14.4. The predicted octanol–water partition coefficient (Wildman–Crippen LogP) is -1.15. The Morgan fingerprint density at radius 1 is 1.55 bits per heavy atom. The third-order valence-corrected chi connectivity index (χ3v) is 3.55. The maximum absolute atomic E-state index is 11.7. The Hall–Kier alpha value is -1.77. The molecule has 0 spiro atoms. The van der Waals surface area contributed by atoms with Crippen LogP contribution in [0.5, 0.6) is 6.01 Å². The molecule has 0 aliphatic carbocycles. The molecule has 20 heavy (non-hydrogen) atoms. The summed E-state index contributed by atoms with van der Waals surface area (Å²) in [7, 11) is 0. The molecule has 2 aliphatic rings. The van der Waals surface area contributed by atoms with Gasteiger partial charge in [0.2, 0.25) is 0 Å². The molecule has 8 nitrogen and oxygen atoms in total. The summed E-state index contributed by atoms with van der Waals surface area (Å²) >= 11 is 0. The van der Waals surface area contributed by atoms with Gasteiger partial charge >= 0.3 is 6.01 Å². The summed E-state index contributed by atoms with van der Waals surface area (Å²) in [5, 5.41) is 19.0. The molecule has 3 heterocycles. The number of carbonyl (C=O) groups is 1. The van der Waals surface area contributed by atoms with Crippen LogP contribution in [0, 0.1) is 0 Å². The molecule has 2 aliphatic heterocycles. The molecule has 3 rings (SSSR count). The van der Waals surface area contributed by atoms with Gasteiger partial charge in [0.15, 0.2) is 18.1 Å². The normalized spacial score (nSPS) is 30.8. The Balaban J connectivity index is 2.02. The SMILES string of the molecule is CCC(=O)c1cn2c(nc1=O)O[C@H]1[C@H]2OC(CO)[C@@H]1O. The van der Waals surface area contributed by atoms with E-state index >= 15 is 0 Å². The largest absolute Gasteiger partial charge is 0.453 e. The maximum Gasteiger partial charge on any atom is 0.302 e. The first-order valence-electron chi connectivity index (χ1n) is 6.34. The molecule has 0 saturated carbocycles. The maximum atomic E-state index is 11.7. The molecule has 8 heteroatoms. The quantitative estimate of drug-likeness (QED) is 0.673. The van der Waals surface area contributed by atoms with Gasteiger partial charge in [0, 0.05) is 12.6 Å². The summed E-state index contributed by atoms with van der Waals surface area (Å²) in [5.74, 6) is -0.321. The lowest BCUT2D eigenvalue weighted by molar-refractivity contribution is -0.0435. The predicted molar refractivity (Wildman–Crippen MR) is 64.5 cm³/mol. The van der Waals surface area contributed by atoms with Crippen LogP contribution in [0.4, 0.5) is 0 Å². The summed E-state index contributed by atoms with van der Waals surface area (Å²) < 4.78 is 12.3. The Morgan fingerprint density at radius 2 is 2.30 bits per heavy atom. The van der Waals surface area contributed by atoms with Gasteiger partial charge in [-0.3, -0.25) is 14.2 Å². The van der Waals surface area contributed by atoms with E-state index in [1.807, 2.05) is 0 Å². The van der Waals surface area contributed by atoms with Crippen molar-refractivity contribution in [1.82, 2.24) is 9.55 Å². The van der Waals surface area contributed by atoms with Crippen LogP contribution in [-0.4, -0.2) is 50.5 Å². The van der Waals surface area contributed by atoms with Gasteiger partial charge in [-0.25, -0.2) is 0 Å². The van der Waals surface area contributed by atoms with E-state index in [0.29, 0.717) is 0 Å². The molecule has 0 aromatic carbocycles. The fourth-order valence-electron chi connectivity index (χ4n) is 2.45. The molecule has 0 bridgehead atoms. The lowest BCUT2D eigenvalue weighted by Gasteiger charge is -2.14. The smallest absolute Gasteiger partial charge is 0.302 e. The number of aliphatic hydroxyl groups excluding tert-OH is 2. The molecule has 2 N–H and O–H groups in total. The first-order valence-corrected chi connectivity index (χ1v) is 6.34. The van der Waals surface area contributed by atoms with Gasteiger partial charge in [-0.1, -0.05) is 6.92 Å². The first kappa shape index (κ1) is 13.2. The zero-order valence-corrected chi connectivity index (χ0v) is 10.7. The highest BCUT2D eigenvalue weighted by Crippen LogP contribution is 2.38. The van der Waals surface area contributed by atoms with Crippen molar-refractivity contribution in [1.29, 1.82) is 0 Å². The van der Waals surface area contributed by atoms with Crippen LogP contribution in [0.3, 0.4) is 0 Å². The fourth-order valence-corrected chi connectivity index (χ4v) is 2.45. The van der Waals surface area contributed by atoms with Crippen LogP contribution in [0.2, 0.25) is 0 Å². The second kappa shape index (κ2) is 4.65. The number of hydrogen-bond acceptors (Lipinski definition) is 7. The minimum atomic E-state index is -1.02. The molecule has 1 aromatic heterocycles. The van der Waals surface area contributed by atoms with E-state index in [9.17, 15) is 14.7 Å². The van der Waals surface area contributed by atoms with E-state index in [4.69, 9.17) is 14.6 Å². The minimum absolute atomic E-state index is 0.00749. The Labute approximate surface area is 113 Å². The van der Waals surface area contributed by atoms with Gasteiger partial charge in [-0.15, -0.1) is 0 Å². The van der Waals surface area contributed by atoms with Gasteiger partial charge in [-0.05, 0) is 0 Å². The summed E-state index contributed by atoms with van der Waals surface area (Å²) in [6, 6.07) is 0.00749. The van der Waals surface area contributed by atoms with E-state index in [0.717, 1.165) is 0 Å². The van der Waals surface area contributed by atoms with E-state index in [-0.39, 0.29) is 30.4 Å². The number of rotatable bonds is 3. The van der Waals surface area contributed by atoms with Crippen LogP contribution >= 0.6 is 0 Å². The Bertz CT molecular complexity index is 612. The monoisotopic (exact) mass is 282 g/mol. The lowest BCUT2D eigenvalue weighted by Crippen LogP contribution is -2.34. The highest BCUT2D eigenvalue weighted by molar-refractivity contribution is 5.95. The van der Waals surface area contributed by atoms with Gasteiger partial charge in [0.05, 0.1) is 6.61 Å². The third-order valence-electron chi connectivity index (χ3n) is 3.55. The summed E-state index contributed by atoms with van der Waals surface area (Å²) in [6.07, 6.45) is -1.70. The van der Waals surface area contributed by atoms with Crippen molar-refractivity contribution >= 4 is 5.78 Å². The van der Waals surface area contributed by atoms with Crippen molar-refractivity contribution in [3.63, 3.8) is 0 Å². The van der Waals surface area contributed by atoms with Crippen LogP contribution in [0.1, 0.15) is 29.9 Å². The van der Waals surface area contributed by atoms with Crippen molar-refractivity contribution in [2.75, 3.05) is 6.61 Å². The van der Waals surface area contributed by atoms with Crippen LogP contribution in [0.25, 0.3) is 0 Å². The number of fused-ring (bicyclic) bond motifs is 3. The van der Waals surface area contributed by atoms with Crippen molar-refractivity contribution in [2.45, 2.75) is 37.9 Å². The van der Waals surface area contributed by atoms with Gasteiger partial charge in [-0.2, -0.15) is 4.98 Å². The average molecular weight is 282 g/mol. The second-order valence-corrected chi connectivity index (χ2v) is 4.75. The van der Waals surface area contributed by atoms with Gasteiger partial charge in [0.25, 0.3) is 5.56 Å². The molecule has 1 aromatic rings. The summed E-state index contributed by atoms with van der Waals surface area (Å²) in [4.78, 5) is 27.1. The Morgan fingerprint density at radius 3 is 2.95 bits per heavy atom. The van der Waals surface area contributed by atoms with Crippen molar-refractivity contribution in [3.8, 4) is 6.01 Å². The molecule has 1 fully saturated rings. The van der Waals surface area contributed by atoms with Gasteiger partial charge in [0.1, 0.15) is 17.8 Å². The van der Waals surface area contributed by atoms with E-state index < -0.39 is 30.1 Å². The molecule has 0 radical (unpaired) electrons. The highest BCUT2D eigenvalue weighted by Gasteiger charge is 2.51. The molecule has 1 saturated heterocycles. The topological polar surface area (TPSA) is 111 Å². The van der Waals surface area contributed by atoms with E-state index in [2.05, 4.69) is 4.98 Å². The summed E-state index contributed by atoms with van der Waals surface area (Å²) in [5.41, 5.74) is -0.692. The second-order valence-electron chi connectivity index (χ2n) is 4.75. The van der Waals surface area contributed by atoms with Crippen molar-refractivity contribution in [3.05, 3.63) is 22.1 Å². The number of aliphatic hydroxyl groups is 2. The van der Waals surface area contributed by atoms with Crippen molar-refractivity contribution < 1.29 is 24.5 Å². The van der Waals surface area contributed by atoms with Crippen LogP contribution in [-0.2, 0) is 4.74 Å². The first-order chi connectivity index (χ1) is 9.56. The number of nitrogens with zero attached hydrogens (tertiary/aromatic N) is 2. The number of Topliss-reactive ketones (excluding diaryl/α,β-unsaturated/α-hetero) is 1. The molecule has 0 amide bonds. The number of ketones is 1. The van der Waals surface area contributed by atoms with Crippen LogP contribution < -0.4 is 10.3 Å². The number of aromatic nitrogens is 2. The zero-order valence-electron chi connectivity index (χ0n) is 10.7. The standard InChI is InChI=1S/C12H14N2O6/c1-2-6(16)5-3-14-11-9(8(17)7(4-15)19-11)20-12(14)13-10(5)18/h3,7-9,11,15,17H,2,4H2,1H3/t7?,8-,9+,11+/m0/s1. The minimum Gasteiger partial charge on any atom is -0.453 e. The number of hydrogen-bond donors (Lipinski definition) is 2. The highest BCUT2D eigenvalue weighted by atomic mass is 16.6. The van der Waals surface area contributed by atoms with E-state index in [1.54, 1.807) is 6.92 Å². The Kier molecular flexibility index (Phi) is 3.08. The summed E-state index contributed by atoms with van der Waals surface area (Å²) in [6.45, 7) is 1.30. The number of carbonyl (C=O) groups excluding carboxylic acids is 1. The lowest BCUT2D eigenvalue weighted by atomic mass is 10.1. The molecule has 1 unspecified atom stereocenters. The molecular formula is C12H14N2O6. The average Bonchev–Trinajstić information content (AvgIpc) is 2.94.